The molecule has 10 nitrogen and oxygen atoms in total. The molecule has 4 heterocycles. The minimum atomic E-state index is -3.93. The van der Waals surface area contributed by atoms with Crippen LogP contribution < -0.4 is 14.2 Å². The van der Waals surface area contributed by atoms with E-state index >= 15 is 0 Å². The van der Waals surface area contributed by atoms with Crippen LogP contribution in [0.3, 0.4) is 0 Å². The van der Waals surface area contributed by atoms with Crippen LogP contribution in [0.5, 0.6) is 11.5 Å². The third kappa shape index (κ3) is 6.29. The fourth-order valence-corrected chi connectivity index (χ4v) is 8.38. The van der Waals surface area contributed by atoms with Gasteiger partial charge in [-0.25, -0.2) is 8.42 Å². The van der Waals surface area contributed by atoms with Gasteiger partial charge in [0.1, 0.15) is 10.3 Å². The zero-order valence-corrected chi connectivity index (χ0v) is 24.8. The van der Waals surface area contributed by atoms with Gasteiger partial charge >= 0.3 is 0 Å². The third-order valence-corrected chi connectivity index (χ3v) is 11.0. The lowest BCUT2D eigenvalue weighted by atomic mass is 10.1. The van der Waals surface area contributed by atoms with Crippen molar-refractivity contribution in [2.24, 2.45) is 0 Å². The molecule has 2 amide bonds. The Morgan fingerprint density at radius 2 is 1.73 bits per heavy atom. The lowest BCUT2D eigenvalue weighted by molar-refractivity contribution is -0.143. The highest BCUT2D eigenvalue weighted by Crippen LogP contribution is 2.35. The van der Waals surface area contributed by atoms with Crippen molar-refractivity contribution in [1.29, 1.82) is 0 Å². The molecule has 12 heteroatoms. The summed E-state index contributed by atoms with van der Waals surface area (Å²) in [4.78, 5) is 32.4. The van der Waals surface area contributed by atoms with Crippen molar-refractivity contribution in [1.82, 2.24) is 19.4 Å². The Hall–Kier alpha value is -2.67. The first-order valence-corrected chi connectivity index (χ1v) is 16.3. The van der Waals surface area contributed by atoms with Crippen molar-refractivity contribution < 1.29 is 27.5 Å². The number of methoxy groups -OCH3 is 2. The summed E-state index contributed by atoms with van der Waals surface area (Å²) < 4.78 is 39.9. The molecule has 2 aromatic rings. The average Bonchev–Trinajstić information content (AvgIpc) is 3.73. The normalized spacial score (nSPS) is 22.2. The molecule has 1 N–H and O–H groups in total. The van der Waals surface area contributed by atoms with Crippen LogP contribution in [-0.4, -0.2) is 101 Å². The molecule has 0 saturated carbocycles. The van der Waals surface area contributed by atoms with Crippen molar-refractivity contribution in [3.05, 3.63) is 29.6 Å². The van der Waals surface area contributed by atoms with Gasteiger partial charge in [0, 0.05) is 25.7 Å². The minimum absolute atomic E-state index is 0.00395. The first-order chi connectivity index (χ1) is 19.3. The van der Waals surface area contributed by atoms with E-state index in [2.05, 4.69) is 9.62 Å². The molecular weight excluding hydrogens is 552 g/mol. The summed E-state index contributed by atoms with van der Waals surface area (Å²) in [6, 6.07) is 6.29. The summed E-state index contributed by atoms with van der Waals surface area (Å²) in [6.07, 6.45) is 5.42. The van der Waals surface area contributed by atoms with Gasteiger partial charge in [0.05, 0.1) is 20.8 Å². The summed E-state index contributed by atoms with van der Waals surface area (Å²) in [5, 5.41) is 1.76. The number of thiophene rings is 1. The van der Waals surface area contributed by atoms with Gasteiger partial charge in [0.25, 0.3) is 10.0 Å². The molecule has 5 rings (SSSR count). The van der Waals surface area contributed by atoms with Gasteiger partial charge in [-0.15, -0.1) is 11.3 Å². The zero-order chi connectivity index (χ0) is 28.3. The molecule has 0 spiro atoms. The lowest BCUT2D eigenvalue weighted by Gasteiger charge is -2.34. The highest BCUT2D eigenvalue weighted by molar-refractivity contribution is 7.91. The van der Waals surface area contributed by atoms with Crippen molar-refractivity contribution in [3.8, 4) is 22.6 Å². The van der Waals surface area contributed by atoms with Crippen LogP contribution in [0.4, 0.5) is 0 Å². The van der Waals surface area contributed by atoms with Gasteiger partial charge < -0.3 is 24.2 Å². The van der Waals surface area contributed by atoms with Crippen LogP contribution in [0.15, 0.2) is 33.9 Å². The first kappa shape index (κ1) is 28.8. The maximum atomic E-state index is 13.3. The highest BCUT2D eigenvalue weighted by atomic mass is 32.2. The Morgan fingerprint density at radius 3 is 2.48 bits per heavy atom. The number of carbonyl (C=O) groups excluding carboxylic acids is 2. The average molecular weight is 591 g/mol. The Morgan fingerprint density at radius 1 is 0.975 bits per heavy atom. The quantitative estimate of drug-likeness (QED) is 0.453. The second-order valence-corrected chi connectivity index (χ2v) is 13.5. The fraction of sp³-hybridized carbons (Fsp3) is 0.571. The van der Waals surface area contributed by atoms with Crippen molar-refractivity contribution >= 4 is 33.2 Å². The second-order valence-electron chi connectivity index (χ2n) is 10.7. The van der Waals surface area contributed by atoms with E-state index in [1.54, 1.807) is 37.8 Å². The van der Waals surface area contributed by atoms with Crippen LogP contribution in [-0.2, 0) is 19.6 Å². The number of hydrogen-bond donors (Lipinski definition) is 1. The Kier molecular flexibility index (Phi) is 8.98. The molecule has 1 aromatic carbocycles. The van der Waals surface area contributed by atoms with Crippen LogP contribution in [0, 0.1) is 0 Å². The maximum absolute atomic E-state index is 13.3. The van der Waals surface area contributed by atoms with Gasteiger partial charge in [-0.1, -0.05) is 6.07 Å². The van der Waals surface area contributed by atoms with Crippen molar-refractivity contribution in [3.63, 3.8) is 0 Å². The summed E-state index contributed by atoms with van der Waals surface area (Å²) in [7, 11) is -0.831. The lowest BCUT2D eigenvalue weighted by Crippen LogP contribution is -2.55. The Bertz CT molecular complexity index is 1320. The van der Waals surface area contributed by atoms with Crippen LogP contribution >= 0.6 is 11.3 Å². The number of nitrogens with zero attached hydrogens (tertiary/aromatic N) is 3. The van der Waals surface area contributed by atoms with Gasteiger partial charge in [-0.05, 0) is 86.3 Å². The molecule has 3 aliphatic rings. The number of nitrogens with one attached hydrogen (secondary N) is 1. The number of carbonyl (C=O) groups is 2. The molecule has 3 aliphatic heterocycles. The number of rotatable bonds is 10. The number of sulfonamides is 1. The molecule has 3 saturated heterocycles. The SMILES string of the molecule is COc1ccc(-c2csc(S(=O)(=O)NC3CCCN(CC(=O)N4CCCC4CN4CCCC4)C3=O)c2)cc1OC. The minimum Gasteiger partial charge on any atom is -0.493 e. The largest absolute Gasteiger partial charge is 0.493 e. The van der Waals surface area contributed by atoms with E-state index in [1.807, 2.05) is 11.0 Å². The third-order valence-electron chi connectivity index (χ3n) is 8.08. The predicted octanol–water partition coefficient (Wildman–Crippen LogP) is 2.79. The van der Waals surface area contributed by atoms with Crippen LogP contribution in [0.25, 0.3) is 11.1 Å². The molecule has 40 heavy (non-hydrogen) atoms. The molecule has 3 fully saturated rings. The number of ether oxygens (including phenoxy) is 2. The first-order valence-electron chi connectivity index (χ1n) is 13.9. The molecule has 2 atom stereocenters. The van der Waals surface area contributed by atoms with E-state index in [0.717, 1.165) is 61.5 Å². The number of benzene rings is 1. The van der Waals surface area contributed by atoms with E-state index in [0.29, 0.717) is 30.9 Å². The summed E-state index contributed by atoms with van der Waals surface area (Å²) in [6.45, 7) is 4.24. The monoisotopic (exact) mass is 590 g/mol. The molecule has 2 unspecified atom stereocenters. The van der Waals surface area contributed by atoms with Crippen molar-refractivity contribution in [2.45, 2.75) is 54.8 Å². The van der Waals surface area contributed by atoms with Crippen molar-refractivity contribution in [2.75, 3.05) is 53.5 Å². The molecular formula is C28H38N4O6S2. The number of hydrogen-bond acceptors (Lipinski definition) is 8. The van der Waals surface area contributed by atoms with Gasteiger partial charge in [-0.3, -0.25) is 9.59 Å². The molecule has 0 aliphatic carbocycles. The summed E-state index contributed by atoms with van der Waals surface area (Å²) in [5.74, 6) is 0.751. The van der Waals surface area contributed by atoms with Crippen LogP contribution in [0.2, 0.25) is 0 Å². The smallest absolute Gasteiger partial charge is 0.250 e. The molecule has 1 aromatic heterocycles. The molecule has 0 bridgehead atoms. The van der Waals surface area contributed by atoms with Crippen LogP contribution in [0.1, 0.15) is 38.5 Å². The van der Waals surface area contributed by atoms with E-state index in [4.69, 9.17) is 9.47 Å². The Balaban J connectivity index is 1.22. The molecule has 218 valence electrons. The Labute approximate surface area is 240 Å². The maximum Gasteiger partial charge on any atom is 0.250 e. The van der Waals surface area contributed by atoms with Gasteiger partial charge in [-0.2, -0.15) is 4.72 Å². The predicted molar refractivity (Wildman–Crippen MR) is 153 cm³/mol. The van der Waals surface area contributed by atoms with E-state index in [-0.39, 0.29) is 28.6 Å². The van der Waals surface area contributed by atoms with Gasteiger partial charge in [0.2, 0.25) is 11.8 Å². The topological polar surface area (TPSA) is 108 Å². The highest BCUT2D eigenvalue weighted by Gasteiger charge is 2.36. The van der Waals surface area contributed by atoms with E-state index in [9.17, 15) is 18.0 Å². The second kappa shape index (κ2) is 12.5. The van der Waals surface area contributed by atoms with E-state index < -0.39 is 16.1 Å². The van der Waals surface area contributed by atoms with E-state index in [1.165, 1.54) is 17.7 Å². The fourth-order valence-electron chi connectivity index (χ4n) is 5.95. The molecule has 0 radical (unpaired) electrons. The number of piperidine rings is 1. The zero-order valence-electron chi connectivity index (χ0n) is 23.1. The number of likely N-dealkylation sites (tertiary alicyclic amines) is 3. The summed E-state index contributed by atoms with van der Waals surface area (Å²) in [5.41, 5.74) is 1.52. The summed E-state index contributed by atoms with van der Waals surface area (Å²) >= 11 is 1.09. The van der Waals surface area contributed by atoms with Gasteiger partial charge in [0.15, 0.2) is 11.5 Å². The number of amides is 2. The standard InChI is InChI=1S/C28H38N4O6S2/c1-37-24-10-9-20(15-25(24)38-2)21-16-27(39-19-21)40(35,36)29-23-8-6-13-31(28(23)34)18-26(33)32-14-5-7-22(32)17-30-11-3-4-12-30/h9-10,15-16,19,22-23,29H,3-8,11-14,17-18H2,1-2H3.